The highest BCUT2D eigenvalue weighted by Crippen LogP contribution is 2.14. The Balaban J connectivity index is 2.33. The van der Waals surface area contributed by atoms with Gasteiger partial charge in [0.25, 0.3) is 0 Å². The highest BCUT2D eigenvalue weighted by molar-refractivity contribution is 6.10. The van der Waals surface area contributed by atoms with Gasteiger partial charge in [-0.25, -0.2) is 0 Å². The molecule has 0 spiro atoms. The third kappa shape index (κ3) is 12.7. The van der Waals surface area contributed by atoms with Gasteiger partial charge in [0, 0.05) is 24.0 Å². The summed E-state index contributed by atoms with van der Waals surface area (Å²) in [5, 5.41) is 0. The highest BCUT2D eigenvalue weighted by atomic mass is 16.2. The zero-order valence-electron chi connectivity index (χ0n) is 20.3. The molecule has 178 valence electrons. The number of carbonyl (C=O) groups excluding carboxylic acids is 4. The van der Waals surface area contributed by atoms with Gasteiger partial charge in [-0.2, -0.15) is 0 Å². The molecule has 1 rings (SSSR count). The molecule has 0 saturated carbocycles. The van der Waals surface area contributed by atoms with Gasteiger partial charge in [0.15, 0.2) is 11.6 Å². The molecule has 0 atom stereocenters. The van der Waals surface area contributed by atoms with E-state index >= 15 is 0 Å². The second kappa shape index (κ2) is 17.5. The zero-order valence-corrected chi connectivity index (χ0v) is 20.3. The third-order valence-corrected chi connectivity index (χ3v) is 5.86. The zero-order chi connectivity index (χ0) is 23.6. The topological polar surface area (TPSA) is 68.3 Å². The molecule has 4 nitrogen and oxygen atoms in total. The molecule has 0 aliphatic heterocycles. The van der Waals surface area contributed by atoms with Gasteiger partial charge < -0.3 is 0 Å². The summed E-state index contributed by atoms with van der Waals surface area (Å²) in [5.74, 6) is -0.463. The van der Waals surface area contributed by atoms with Crippen LogP contribution in [0.2, 0.25) is 0 Å². The van der Waals surface area contributed by atoms with Gasteiger partial charge in [0.2, 0.25) is 0 Å². The Hall–Kier alpha value is -2.10. The summed E-state index contributed by atoms with van der Waals surface area (Å²) in [6, 6.07) is 6.36. The van der Waals surface area contributed by atoms with Crippen LogP contribution in [0.5, 0.6) is 0 Å². The molecule has 0 aliphatic carbocycles. The molecule has 0 aliphatic rings. The third-order valence-electron chi connectivity index (χ3n) is 5.86. The number of hydrogen-bond acceptors (Lipinski definition) is 4. The van der Waals surface area contributed by atoms with Crippen LogP contribution in [0.4, 0.5) is 0 Å². The molecule has 0 heterocycles. The first-order valence-electron chi connectivity index (χ1n) is 12.7. The fraction of sp³-hybridized carbons (Fsp3) is 0.643. The van der Waals surface area contributed by atoms with Crippen LogP contribution in [0.3, 0.4) is 0 Å². The molecule has 0 N–H and O–H groups in total. The molecule has 32 heavy (non-hydrogen) atoms. The van der Waals surface area contributed by atoms with Crippen LogP contribution in [-0.4, -0.2) is 23.1 Å². The van der Waals surface area contributed by atoms with Gasteiger partial charge in [0.1, 0.15) is 11.6 Å². The van der Waals surface area contributed by atoms with E-state index in [0.29, 0.717) is 24.0 Å². The Kier molecular flexibility index (Phi) is 15.2. The summed E-state index contributed by atoms with van der Waals surface area (Å²) in [4.78, 5) is 48.8. The number of Topliss-reactive ketones (excluding diaryl/α,β-unsaturated/α-hetero) is 4. The van der Waals surface area contributed by atoms with Crippen molar-refractivity contribution < 1.29 is 19.2 Å². The summed E-state index contributed by atoms with van der Waals surface area (Å²) in [5.41, 5.74) is 0.882. The van der Waals surface area contributed by atoms with Crippen molar-refractivity contribution in [2.24, 2.45) is 0 Å². The van der Waals surface area contributed by atoms with Crippen molar-refractivity contribution in [2.45, 2.75) is 117 Å². The van der Waals surface area contributed by atoms with Crippen LogP contribution in [0.15, 0.2) is 24.3 Å². The molecular formula is C28H42O4. The van der Waals surface area contributed by atoms with Gasteiger partial charge >= 0.3 is 0 Å². The maximum absolute atomic E-state index is 12.3. The minimum Gasteiger partial charge on any atom is -0.299 e. The van der Waals surface area contributed by atoms with Crippen molar-refractivity contribution in [2.75, 3.05) is 0 Å². The Morgan fingerprint density at radius 3 is 1.16 bits per heavy atom. The average molecular weight is 443 g/mol. The molecular weight excluding hydrogens is 400 g/mol. The number of unbranched alkanes of at least 4 members (excludes halogenated alkanes) is 10. The molecule has 0 aromatic heterocycles. The molecule has 0 bridgehead atoms. The van der Waals surface area contributed by atoms with Gasteiger partial charge in [-0.3, -0.25) is 19.2 Å². The molecule has 0 amide bonds. The summed E-state index contributed by atoms with van der Waals surface area (Å²) in [6.07, 6.45) is 14.1. The van der Waals surface area contributed by atoms with Crippen molar-refractivity contribution in [1.82, 2.24) is 0 Å². The fourth-order valence-electron chi connectivity index (χ4n) is 3.79. The Labute approximate surface area is 194 Å². The Morgan fingerprint density at radius 1 is 0.500 bits per heavy atom. The molecule has 4 heteroatoms. The van der Waals surface area contributed by atoms with Crippen LogP contribution < -0.4 is 0 Å². The number of ketones is 4. The number of rotatable bonds is 20. The Morgan fingerprint density at radius 2 is 0.812 bits per heavy atom. The lowest BCUT2D eigenvalue weighted by Gasteiger charge is -2.05. The van der Waals surface area contributed by atoms with Crippen LogP contribution in [0.1, 0.15) is 137 Å². The summed E-state index contributed by atoms with van der Waals surface area (Å²) < 4.78 is 0. The summed E-state index contributed by atoms with van der Waals surface area (Å²) >= 11 is 0. The summed E-state index contributed by atoms with van der Waals surface area (Å²) in [6.45, 7) is 4.35. The number of carbonyl (C=O) groups is 4. The van der Waals surface area contributed by atoms with Crippen LogP contribution >= 0.6 is 0 Å². The van der Waals surface area contributed by atoms with E-state index in [1.807, 2.05) is 0 Å². The molecule has 1 aromatic rings. The maximum Gasteiger partial charge on any atom is 0.170 e. The Bertz CT molecular complexity index is 642. The van der Waals surface area contributed by atoms with Gasteiger partial charge in [-0.15, -0.1) is 0 Å². The SMILES string of the molecule is CCCCCCCCC(=O)CC(=O)c1ccc(C(=O)CC(=O)CCCCCCCC)cc1. The van der Waals surface area contributed by atoms with Gasteiger partial charge in [0.05, 0.1) is 12.8 Å². The van der Waals surface area contributed by atoms with E-state index in [4.69, 9.17) is 0 Å². The van der Waals surface area contributed by atoms with E-state index in [-0.39, 0.29) is 36.0 Å². The van der Waals surface area contributed by atoms with E-state index in [2.05, 4.69) is 13.8 Å². The van der Waals surface area contributed by atoms with Crippen LogP contribution in [-0.2, 0) is 9.59 Å². The normalized spacial score (nSPS) is 10.8. The van der Waals surface area contributed by atoms with Crippen molar-refractivity contribution in [3.63, 3.8) is 0 Å². The van der Waals surface area contributed by atoms with E-state index in [1.165, 1.54) is 38.5 Å². The van der Waals surface area contributed by atoms with E-state index < -0.39 is 0 Å². The lowest BCUT2D eigenvalue weighted by atomic mass is 9.98. The smallest absolute Gasteiger partial charge is 0.170 e. The maximum atomic E-state index is 12.3. The van der Waals surface area contributed by atoms with Crippen LogP contribution in [0.25, 0.3) is 0 Å². The van der Waals surface area contributed by atoms with Gasteiger partial charge in [-0.1, -0.05) is 102 Å². The molecule has 0 unspecified atom stereocenters. The monoisotopic (exact) mass is 442 g/mol. The van der Waals surface area contributed by atoms with E-state index in [1.54, 1.807) is 24.3 Å². The quantitative estimate of drug-likeness (QED) is 0.119. The van der Waals surface area contributed by atoms with Crippen LogP contribution in [0, 0.1) is 0 Å². The minimum atomic E-state index is -0.209. The van der Waals surface area contributed by atoms with Crippen molar-refractivity contribution in [3.05, 3.63) is 35.4 Å². The second-order valence-corrected chi connectivity index (χ2v) is 8.89. The molecule has 0 fully saturated rings. The lowest BCUT2D eigenvalue weighted by molar-refractivity contribution is -0.119. The first-order chi connectivity index (χ1) is 15.5. The predicted octanol–water partition coefficient (Wildman–Crippen LogP) is 7.47. The van der Waals surface area contributed by atoms with E-state index in [9.17, 15) is 19.2 Å². The molecule has 0 saturated heterocycles. The van der Waals surface area contributed by atoms with Crippen molar-refractivity contribution >= 4 is 23.1 Å². The van der Waals surface area contributed by atoms with Gasteiger partial charge in [-0.05, 0) is 12.8 Å². The minimum absolute atomic E-state index is 0.0223. The average Bonchev–Trinajstić information content (AvgIpc) is 2.78. The molecule has 0 radical (unpaired) electrons. The number of benzene rings is 1. The number of hydrogen-bond donors (Lipinski definition) is 0. The highest BCUT2D eigenvalue weighted by Gasteiger charge is 2.15. The first-order valence-corrected chi connectivity index (χ1v) is 12.7. The summed E-state index contributed by atoms with van der Waals surface area (Å²) in [7, 11) is 0. The molecule has 1 aromatic carbocycles. The predicted molar refractivity (Wildman–Crippen MR) is 130 cm³/mol. The second-order valence-electron chi connectivity index (χ2n) is 8.89. The largest absolute Gasteiger partial charge is 0.299 e. The standard InChI is InChI=1S/C28H42O4/c1-3-5-7-9-11-13-15-25(29)21-27(31)23-17-19-24(20-18-23)28(32)22-26(30)16-14-12-10-8-6-4-2/h17-20H,3-16,21-22H2,1-2H3. The lowest BCUT2D eigenvalue weighted by Crippen LogP contribution is -2.10. The first kappa shape index (κ1) is 27.9. The van der Waals surface area contributed by atoms with E-state index in [0.717, 1.165) is 38.5 Å². The van der Waals surface area contributed by atoms with Crippen molar-refractivity contribution in [1.29, 1.82) is 0 Å². The fourth-order valence-corrected chi connectivity index (χ4v) is 3.79. The van der Waals surface area contributed by atoms with Crippen molar-refractivity contribution in [3.8, 4) is 0 Å².